The third-order valence-electron chi connectivity index (χ3n) is 3.35. The maximum absolute atomic E-state index is 5.31. The summed E-state index contributed by atoms with van der Waals surface area (Å²) in [6, 6.07) is 3.89. The number of rotatable bonds is 7. The van der Waals surface area contributed by atoms with Crippen molar-refractivity contribution < 1.29 is 9.15 Å². The lowest BCUT2D eigenvalue weighted by Crippen LogP contribution is -2.38. The van der Waals surface area contributed by atoms with Crippen LogP contribution >= 0.6 is 0 Å². The van der Waals surface area contributed by atoms with Crippen LogP contribution in [0.5, 0.6) is 0 Å². The second-order valence-corrected chi connectivity index (χ2v) is 4.95. The van der Waals surface area contributed by atoms with E-state index in [-0.39, 0.29) is 0 Å². The molecular weight excluding hydrogens is 266 g/mol. The molecule has 0 saturated carbocycles. The monoisotopic (exact) mass is 291 g/mol. The first-order valence-corrected chi connectivity index (χ1v) is 7.68. The van der Waals surface area contributed by atoms with Crippen LogP contribution in [0.15, 0.2) is 39.5 Å². The van der Waals surface area contributed by atoms with Gasteiger partial charge in [-0.2, -0.15) is 0 Å². The third-order valence-corrected chi connectivity index (χ3v) is 3.35. The van der Waals surface area contributed by atoms with Crippen LogP contribution in [-0.4, -0.2) is 38.8 Å². The van der Waals surface area contributed by atoms with E-state index in [1.807, 2.05) is 12.1 Å². The van der Waals surface area contributed by atoms with Crippen molar-refractivity contribution in [3.8, 4) is 0 Å². The van der Waals surface area contributed by atoms with E-state index in [2.05, 4.69) is 28.6 Å². The second kappa shape index (κ2) is 9.23. The lowest BCUT2D eigenvalue weighted by Gasteiger charge is -2.15. The maximum atomic E-state index is 5.31. The average Bonchev–Trinajstić information content (AvgIpc) is 3.02. The van der Waals surface area contributed by atoms with E-state index in [1.165, 1.54) is 5.57 Å². The van der Waals surface area contributed by atoms with Gasteiger partial charge in [-0.05, 0) is 31.9 Å². The van der Waals surface area contributed by atoms with E-state index in [9.17, 15) is 0 Å². The first kappa shape index (κ1) is 15.6. The molecule has 0 bridgehead atoms. The number of guanidine groups is 1. The topological polar surface area (TPSA) is 58.8 Å². The number of nitrogens with one attached hydrogen (secondary N) is 2. The summed E-state index contributed by atoms with van der Waals surface area (Å²) in [7, 11) is 0. The Balaban J connectivity index is 1.71. The Hall–Kier alpha value is -1.75. The van der Waals surface area contributed by atoms with Crippen LogP contribution in [-0.2, 0) is 11.2 Å². The number of furan rings is 1. The first-order valence-electron chi connectivity index (χ1n) is 7.68. The molecule has 21 heavy (non-hydrogen) atoms. The Morgan fingerprint density at radius 3 is 3.00 bits per heavy atom. The van der Waals surface area contributed by atoms with Crippen molar-refractivity contribution >= 4 is 5.96 Å². The summed E-state index contributed by atoms with van der Waals surface area (Å²) in [5, 5.41) is 6.64. The zero-order valence-electron chi connectivity index (χ0n) is 12.7. The second-order valence-electron chi connectivity index (χ2n) is 4.95. The lowest BCUT2D eigenvalue weighted by atomic mass is 10.1. The van der Waals surface area contributed by atoms with Gasteiger partial charge < -0.3 is 19.8 Å². The fourth-order valence-electron chi connectivity index (χ4n) is 2.21. The van der Waals surface area contributed by atoms with Crippen molar-refractivity contribution in [2.45, 2.75) is 26.2 Å². The summed E-state index contributed by atoms with van der Waals surface area (Å²) in [6.07, 6.45) is 6.81. The van der Waals surface area contributed by atoms with Crippen LogP contribution in [0.4, 0.5) is 0 Å². The van der Waals surface area contributed by atoms with E-state index in [1.54, 1.807) is 6.26 Å². The zero-order chi connectivity index (χ0) is 14.8. The van der Waals surface area contributed by atoms with Gasteiger partial charge in [-0.1, -0.05) is 11.6 Å². The maximum Gasteiger partial charge on any atom is 0.191 e. The van der Waals surface area contributed by atoms with Gasteiger partial charge >= 0.3 is 0 Å². The Morgan fingerprint density at radius 1 is 1.33 bits per heavy atom. The zero-order valence-corrected chi connectivity index (χ0v) is 12.7. The molecule has 0 aromatic carbocycles. The molecule has 1 aliphatic rings. The average molecular weight is 291 g/mol. The van der Waals surface area contributed by atoms with Gasteiger partial charge in [0.25, 0.3) is 0 Å². The van der Waals surface area contributed by atoms with E-state index >= 15 is 0 Å². The summed E-state index contributed by atoms with van der Waals surface area (Å²) in [5.41, 5.74) is 1.47. The molecule has 1 aliphatic heterocycles. The molecule has 0 unspecified atom stereocenters. The largest absolute Gasteiger partial charge is 0.469 e. The standard InChI is InChI=1S/C16H25N3O2/c1-2-17-16(19-10-6-15-4-3-11-21-15)18-9-5-14-7-12-20-13-8-14/h3-4,7,11H,2,5-6,8-10,12-13H2,1H3,(H2,17,18,19). The van der Waals surface area contributed by atoms with Crippen LogP contribution < -0.4 is 10.6 Å². The van der Waals surface area contributed by atoms with Gasteiger partial charge in [-0.25, -0.2) is 0 Å². The van der Waals surface area contributed by atoms with Crippen LogP contribution in [0.25, 0.3) is 0 Å². The first-order chi connectivity index (χ1) is 10.4. The highest BCUT2D eigenvalue weighted by Crippen LogP contribution is 2.10. The highest BCUT2D eigenvalue weighted by Gasteiger charge is 2.04. The van der Waals surface area contributed by atoms with Gasteiger partial charge in [-0.15, -0.1) is 0 Å². The van der Waals surface area contributed by atoms with Gasteiger partial charge in [-0.3, -0.25) is 4.99 Å². The summed E-state index contributed by atoms with van der Waals surface area (Å²) >= 11 is 0. The van der Waals surface area contributed by atoms with Gasteiger partial charge in [0.1, 0.15) is 5.76 Å². The highest BCUT2D eigenvalue weighted by molar-refractivity contribution is 5.79. The number of hydrogen-bond donors (Lipinski definition) is 2. The van der Waals surface area contributed by atoms with Crippen molar-refractivity contribution in [3.63, 3.8) is 0 Å². The Bertz CT molecular complexity index is 452. The molecule has 0 atom stereocenters. The van der Waals surface area contributed by atoms with Gasteiger partial charge in [0.15, 0.2) is 5.96 Å². The van der Waals surface area contributed by atoms with Gasteiger partial charge in [0, 0.05) is 26.1 Å². The molecule has 0 amide bonds. The van der Waals surface area contributed by atoms with Gasteiger partial charge in [0.05, 0.1) is 19.5 Å². The Labute approximate surface area is 126 Å². The summed E-state index contributed by atoms with van der Waals surface area (Å²) in [4.78, 5) is 4.56. The number of aliphatic imine (C=N–C) groups is 1. The highest BCUT2D eigenvalue weighted by atomic mass is 16.5. The fraction of sp³-hybridized carbons (Fsp3) is 0.562. The minimum Gasteiger partial charge on any atom is -0.469 e. The normalized spacial score (nSPS) is 15.7. The van der Waals surface area contributed by atoms with E-state index in [4.69, 9.17) is 9.15 Å². The molecule has 1 aromatic rings. The molecule has 2 N–H and O–H groups in total. The van der Waals surface area contributed by atoms with E-state index < -0.39 is 0 Å². The van der Waals surface area contributed by atoms with E-state index in [0.29, 0.717) is 0 Å². The summed E-state index contributed by atoms with van der Waals surface area (Å²) in [5.74, 6) is 1.85. The van der Waals surface area contributed by atoms with E-state index in [0.717, 1.165) is 63.8 Å². The SMILES string of the molecule is CCNC(=NCCc1ccco1)NCCC1=CCOCC1. The quantitative estimate of drug-likeness (QED) is 0.459. The molecule has 2 heterocycles. The predicted molar refractivity (Wildman–Crippen MR) is 84.5 cm³/mol. The van der Waals surface area contributed by atoms with Crippen molar-refractivity contribution in [1.29, 1.82) is 0 Å². The minimum atomic E-state index is 0.722. The van der Waals surface area contributed by atoms with Gasteiger partial charge in [0.2, 0.25) is 0 Å². The van der Waals surface area contributed by atoms with Crippen LogP contribution in [0, 0.1) is 0 Å². The number of ether oxygens (including phenoxy) is 1. The fourth-order valence-corrected chi connectivity index (χ4v) is 2.21. The molecule has 0 radical (unpaired) electrons. The van der Waals surface area contributed by atoms with Crippen LogP contribution in [0.1, 0.15) is 25.5 Å². The number of nitrogens with zero attached hydrogens (tertiary/aromatic N) is 1. The minimum absolute atomic E-state index is 0.722. The Kier molecular flexibility index (Phi) is 6.88. The molecule has 0 spiro atoms. The van der Waals surface area contributed by atoms with Crippen molar-refractivity contribution in [1.82, 2.24) is 10.6 Å². The van der Waals surface area contributed by atoms with Crippen LogP contribution in [0.2, 0.25) is 0 Å². The molecule has 0 saturated heterocycles. The van der Waals surface area contributed by atoms with Crippen LogP contribution in [0.3, 0.4) is 0 Å². The Morgan fingerprint density at radius 2 is 2.29 bits per heavy atom. The summed E-state index contributed by atoms with van der Waals surface area (Å²) < 4.78 is 10.6. The molecule has 0 fully saturated rings. The molecule has 1 aromatic heterocycles. The molecule has 5 nitrogen and oxygen atoms in total. The molecular formula is C16H25N3O2. The lowest BCUT2D eigenvalue weighted by molar-refractivity contribution is 0.153. The number of hydrogen-bond acceptors (Lipinski definition) is 3. The third kappa shape index (κ3) is 6.04. The predicted octanol–water partition coefficient (Wildman–Crippen LogP) is 2.11. The smallest absolute Gasteiger partial charge is 0.191 e. The molecule has 116 valence electrons. The van der Waals surface area contributed by atoms with Crippen molar-refractivity contribution in [2.75, 3.05) is 32.8 Å². The van der Waals surface area contributed by atoms with Crippen molar-refractivity contribution in [2.24, 2.45) is 4.99 Å². The molecule has 5 heteroatoms. The summed E-state index contributed by atoms with van der Waals surface area (Å²) in [6.45, 7) is 6.17. The molecule has 0 aliphatic carbocycles. The molecule has 2 rings (SSSR count). The van der Waals surface area contributed by atoms with Crippen molar-refractivity contribution in [3.05, 3.63) is 35.8 Å².